The van der Waals surface area contributed by atoms with Crippen LogP contribution < -0.4 is 0 Å². The monoisotopic (exact) mass is 173 g/mol. The molecule has 0 aliphatic carbocycles. The van der Waals surface area contributed by atoms with E-state index in [1.165, 1.54) is 0 Å². The molecule has 4 nitrogen and oxygen atoms in total. The van der Waals surface area contributed by atoms with E-state index in [9.17, 15) is 5.11 Å². The summed E-state index contributed by atoms with van der Waals surface area (Å²) in [5.41, 5.74) is 0. The van der Waals surface area contributed by atoms with Crippen molar-refractivity contribution in [2.45, 2.75) is 31.5 Å². The van der Waals surface area contributed by atoms with Crippen LogP contribution in [0.4, 0.5) is 0 Å². The molecule has 2 heterocycles. The zero-order valence-electron chi connectivity index (χ0n) is 7.43. The van der Waals surface area contributed by atoms with Crippen molar-refractivity contribution < 1.29 is 14.6 Å². The number of fused-ring (bicyclic) bond motifs is 2. The summed E-state index contributed by atoms with van der Waals surface area (Å²) in [7, 11) is 1.99. The van der Waals surface area contributed by atoms with Crippen molar-refractivity contribution in [3.8, 4) is 0 Å². The van der Waals surface area contributed by atoms with Gasteiger partial charge in [0.2, 0.25) is 0 Å². The molecule has 0 aromatic carbocycles. The van der Waals surface area contributed by atoms with E-state index in [4.69, 9.17) is 9.47 Å². The van der Waals surface area contributed by atoms with Gasteiger partial charge in [-0.15, -0.1) is 0 Å². The first-order valence-electron chi connectivity index (χ1n) is 4.39. The van der Waals surface area contributed by atoms with Crippen molar-refractivity contribution >= 4 is 0 Å². The van der Waals surface area contributed by atoms with Crippen LogP contribution in [-0.4, -0.2) is 54.7 Å². The highest BCUT2D eigenvalue weighted by molar-refractivity contribution is 5.01. The van der Waals surface area contributed by atoms with Crippen molar-refractivity contribution in [2.75, 3.05) is 20.2 Å². The Bertz CT molecular complexity index is 164. The molecular weight excluding hydrogens is 158 g/mol. The van der Waals surface area contributed by atoms with E-state index in [0.29, 0.717) is 6.61 Å². The van der Waals surface area contributed by atoms with Gasteiger partial charge in [-0.05, 0) is 14.0 Å². The molecule has 4 atom stereocenters. The molecule has 0 saturated carbocycles. The minimum Gasteiger partial charge on any atom is -0.374 e. The van der Waals surface area contributed by atoms with E-state index in [2.05, 4.69) is 4.90 Å². The molecule has 2 bridgehead atoms. The lowest BCUT2D eigenvalue weighted by Crippen LogP contribution is -2.42. The summed E-state index contributed by atoms with van der Waals surface area (Å²) < 4.78 is 10.8. The lowest BCUT2D eigenvalue weighted by molar-refractivity contribution is -0.144. The van der Waals surface area contributed by atoms with Gasteiger partial charge in [0.1, 0.15) is 12.2 Å². The standard InChI is InChI=1S/C8H15NO3/c1-3-11-7-5-4-9(2)6(7)8(10)12-5/h5-8,10H,3-4H2,1-2H3/t5-,6+,7+,8?/m1/s1. The average Bonchev–Trinajstić information content (AvgIpc) is 2.42. The van der Waals surface area contributed by atoms with Gasteiger partial charge in [-0.1, -0.05) is 0 Å². The summed E-state index contributed by atoms with van der Waals surface area (Å²) in [4.78, 5) is 2.10. The number of aliphatic hydroxyl groups is 1. The molecule has 0 spiro atoms. The van der Waals surface area contributed by atoms with Crippen LogP contribution in [0.15, 0.2) is 0 Å². The van der Waals surface area contributed by atoms with Crippen molar-refractivity contribution in [3.05, 3.63) is 0 Å². The normalized spacial score (nSPS) is 47.2. The molecule has 0 aromatic rings. The Morgan fingerprint density at radius 1 is 1.67 bits per heavy atom. The Hall–Kier alpha value is -0.160. The minimum absolute atomic E-state index is 0.0370. The molecular formula is C8H15NO3. The van der Waals surface area contributed by atoms with E-state index >= 15 is 0 Å². The average molecular weight is 173 g/mol. The Kier molecular flexibility index (Phi) is 2.08. The number of rotatable bonds is 2. The van der Waals surface area contributed by atoms with Gasteiger partial charge in [0, 0.05) is 13.2 Å². The van der Waals surface area contributed by atoms with Gasteiger partial charge in [-0.2, -0.15) is 0 Å². The molecule has 1 unspecified atom stereocenters. The van der Waals surface area contributed by atoms with Gasteiger partial charge >= 0.3 is 0 Å². The predicted molar refractivity (Wildman–Crippen MR) is 42.7 cm³/mol. The Labute approximate surface area is 72.1 Å². The maximum Gasteiger partial charge on any atom is 0.173 e. The molecule has 0 aromatic heterocycles. The first-order chi connectivity index (χ1) is 5.74. The van der Waals surface area contributed by atoms with Gasteiger partial charge in [0.15, 0.2) is 6.29 Å². The summed E-state index contributed by atoms with van der Waals surface area (Å²) >= 11 is 0. The zero-order chi connectivity index (χ0) is 8.72. The third kappa shape index (κ3) is 1.07. The van der Waals surface area contributed by atoms with Crippen molar-refractivity contribution in [1.29, 1.82) is 0 Å². The lowest BCUT2D eigenvalue weighted by Gasteiger charge is -2.25. The van der Waals surface area contributed by atoms with Crippen LogP contribution >= 0.6 is 0 Å². The number of hydrogen-bond acceptors (Lipinski definition) is 4. The predicted octanol–water partition coefficient (Wildman–Crippen LogP) is -0.577. The highest BCUT2D eigenvalue weighted by Crippen LogP contribution is 2.32. The lowest BCUT2D eigenvalue weighted by atomic mass is 10.2. The number of morpholine rings is 1. The maximum atomic E-state index is 9.44. The summed E-state index contributed by atoms with van der Waals surface area (Å²) in [5, 5.41) is 9.44. The summed E-state index contributed by atoms with van der Waals surface area (Å²) in [6.45, 7) is 3.51. The van der Waals surface area contributed by atoms with Gasteiger partial charge < -0.3 is 14.6 Å². The van der Waals surface area contributed by atoms with Crippen LogP contribution in [-0.2, 0) is 9.47 Å². The number of nitrogens with zero attached hydrogens (tertiary/aromatic N) is 1. The van der Waals surface area contributed by atoms with Crippen LogP contribution in [0.3, 0.4) is 0 Å². The molecule has 2 saturated heterocycles. The number of hydrogen-bond donors (Lipinski definition) is 1. The van der Waals surface area contributed by atoms with Crippen LogP contribution in [0.2, 0.25) is 0 Å². The summed E-state index contributed by atoms with van der Waals surface area (Å²) in [5.74, 6) is 0. The highest BCUT2D eigenvalue weighted by Gasteiger charge is 2.52. The molecule has 4 heteroatoms. The number of aliphatic hydroxyl groups excluding tert-OH is 1. The molecule has 12 heavy (non-hydrogen) atoms. The van der Waals surface area contributed by atoms with E-state index in [1.807, 2.05) is 14.0 Å². The van der Waals surface area contributed by atoms with Gasteiger partial charge in [0.05, 0.1) is 6.04 Å². The molecule has 1 N–H and O–H groups in total. The van der Waals surface area contributed by atoms with Crippen molar-refractivity contribution in [3.63, 3.8) is 0 Å². The quantitative estimate of drug-likeness (QED) is 0.607. The molecule has 2 aliphatic rings. The van der Waals surface area contributed by atoms with E-state index in [1.54, 1.807) is 0 Å². The molecule has 2 fully saturated rings. The SMILES string of the molecule is CCO[C@@H]1[C@H]2C(O)O[C@@H]1CN2C. The highest BCUT2D eigenvalue weighted by atomic mass is 16.6. The Morgan fingerprint density at radius 2 is 2.42 bits per heavy atom. The maximum absolute atomic E-state index is 9.44. The first-order valence-corrected chi connectivity index (χ1v) is 4.39. The fourth-order valence-electron chi connectivity index (χ4n) is 2.14. The zero-order valence-corrected chi connectivity index (χ0v) is 7.43. The number of likely N-dealkylation sites (tertiary alicyclic amines) is 1. The fourth-order valence-corrected chi connectivity index (χ4v) is 2.14. The molecule has 2 aliphatic heterocycles. The smallest absolute Gasteiger partial charge is 0.173 e. The first kappa shape index (κ1) is 8.44. The van der Waals surface area contributed by atoms with Crippen molar-refractivity contribution in [2.24, 2.45) is 0 Å². The Balaban J connectivity index is 2.07. The summed E-state index contributed by atoms with van der Waals surface area (Å²) in [6, 6.07) is 0.0370. The second kappa shape index (κ2) is 2.96. The number of ether oxygens (including phenoxy) is 2. The third-order valence-corrected chi connectivity index (χ3v) is 2.65. The van der Waals surface area contributed by atoms with Gasteiger partial charge in [-0.3, -0.25) is 4.90 Å². The van der Waals surface area contributed by atoms with E-state index in [-0.39, 0.29) is 18.2 Å². The topological polar surface area (TPSA) is 41.9 Å². The van der Waals surface area contributed by atoms with E-state index in [0.717, 1.165) is 6.54 Å². The van der Waals surface area contributed by atoms with Crippen LogP contribution in [0, 0.1) is 0 Å². The Morgan fingerprint density at radius 3 is 2.92 bits per heavy atom. The molecule has 2 rings (SSSR count). The van der Waals surface area contributed by atoms with Gasteiger partial charge in [-0.25, -0.2) is 0 Å². The van der Waals surface area contributed by atoms with Crippen LogP contribution in [0.25, 0.3) is 0 Å². The van der Waals surface area contributed by atoms with Crippen molar-refractivity contribution in [1.82, 2.24) is 4.90 Å². The molecule has 0 radical (unpaired) electrons. The number of likely N-dealkylation sites (N-methyl/N-ethyl adjacent to an activating group) is 1. The minimum atomic E-state index is -0.662. The van der Waals surface area contributed by atoms with Gasteiger partial charge in [0.25, 0.3) is 0 Å². The molecule has 0 amide bonds. The second-order valence-corrected chi connectivity index (χ2v) is 3.42. The largest absolute Gasteiger partial charge is 0.374 e. The third-order valence-electron chi connectivity index (χ3n) is 2.65. The second-order valence-electron chi connectivity index (χ2n) is 3.42. The van der Waals surface area contributed by atoms with Crippen LogP contribution in [0.1, 0.15) is 6.92 Å². The van der Waals surface area contributed by atoms with Crippen LogP contribution in [0.5, 0.6) is 0 Å². The fraction of sp³-hybridized carbons (Fsp3) is 1.00. The molecule has 70 valence electrons. The summed E-state index contributed by atoms with van der Waals surface area (Å²) in [6.07, 6.45) is -0.532. The van der Waals surface area contributed by atoms with E-state index < -0.39 is 6.29 Å².